The minimum atomic E-state index is 0.0276. The number of hydrogen-bond donors (Lipinski definition) is 0. The SMILES string of the molecule is Cc1c(C2=NC=CCC2=O)[c]nn1C. The first-order valence-corrected chi connectivity index (χ1v) is 4.38. The Bertz CT molecular complexity index is 440. The van der Waals surface area contributed by atoms with Gasteiger partial charge in [0.2, 0.25) is 0 Å². The van der Waals surface area contributed by atoms with Crippen molar-refractivity contribution in [2.24, 2.45) is 12.0 Å². The zero-order valence-corrected chi connectivity index (χ0v) is 8.11. The van der Waals surface area contributed by atoms with E-state index in [0.29, 0.717) is 17.7 Å². The van der Waals surface area contributed by atoms with Crippen LogP contribution < -0.4 is 0 Å². The van der Waals surface area contributed by atoms with Gasteiger partial charge in [0.1, 0.15) is 11.9 Å². The molecule has 0 amide bonds. The number of hydrogen-bond acceptors (Lipinski definition) is 3. The molecule has 1 aromatic rings. The maximum absolute atomic E-state index is 11.5. The molecule has 0 N–H and O–H groups in total. The van der Waals surface area contributed by atoms with Crippen molar-refractivity contribution in [2.45, 2.75) is 13.3 Å². The van der Waals surface area contributed by atoms with Crippen LogP contribution in [0.2, 0.25) is 0 Å². The van der Waals surface area contributed by atoms with Crippen molar-refractivity contribution in [3.05, 3.63) is 29.7 Å². The summed E-state index contributed by atoms with van der Waals surface area (Å²) in [5.41, 5.74) is 2.09. The van der Waals surface area contributed by atoms with Gasteiger partial charge in [-0.05, 0) is 6.92 Å². The lowest BCUT2D eigenvalue weighted by Gasteiger charge is -2.05. The summed E-state index contributed by atoms with van der Waals surface area (Å²) >= 11 is 0. The van der Waals surface area contributed by atoms with Gasteiger partial charge in [0.05, 0.1) is 5.56 Å². The second-order valence-corrected chi connectivity index (χ2v) is 3.19. The van der Waals surface area contributed by atoms with Crippen molar-refractivity contribution >= 4 is 11.5 Å². The van der Waals surface area contributed by atoms with Gasteiger partial charge in [0.25, 0.3) is 0 Å². The third-order valence-corrected chi connectivity index (χ3v) is 2.27. The molecule has 1 aliphatic rings. The van der Waals surface area contributed by atoms with Crippen molar-refractivity contribution in [2.75, 3.05) is 0 Å². The van der Waals surface area contributed by atoms with Gasteiger partial charge >= 0.3 is 0 Å². The lowest BCUT2D eigenvalue weighted by molar-refractivity contribution is -0.112. The molecule has 0 aromatic carbocycles. The van der Waals surface area contributed by atoms with E-state index in [1.54, 1.807) is 17.0 Å². The Hall–Kier alpha value is -1.71. The molecule has 0 saturated heterocycles. The van der Waals surface area contributed by atoms with Gasteiger partial charge in [0.15, 0.2) is 5.78 Å². The summed E-state index contributed by atoms with van der Waals surface area (Å²) in [6.07, 6.45) is 6.62. The highest BCUT2D eigenvalue weighted by atomic mass is 16.1. The van der Waals surface area contributed by atoms with Gasteiger partial charge < -0.3 is 0 Å². The van der Waals surface area contributed by atoms with E-state index in [1.165, 1.54) is 0 Å². The van der Waals surface area contributed by atoms with Gasteiger partial charge in [0, 0.05) is 25.4 Å². The van der Waals surface area contributed by atoms with E-state index in [0.717, 1.165) is 5.69 Å². The first kappa shape index (κ1) is 8.87. The van der Waals surface area contributed by atoms with E-state index >= 15 is 0 Å². The highest BCUT2D eigenvalue weighted by Gasteiger charge is 2.19. The van der Waals surface area contributed by atoms with E-state index in [1.807, 2.05) is 14.0 Å². The number of aromatic nitrogens is 2. The first-order chi connectivity index (χ1) is 6.70. The van der Waals surface area contributed by atoms with Gasteiger partial charge in [-0.3, -0.25) is 14.5 Å². The predicted octanol–water partition coefficient (Wildman–Crippen LogP) is 0.804. The standard InChI is InChI=1S/C10H10N3O/c1-7-8(6-12-13(7)2)10-9(14)4-3-5-11-10/h3,5H,4H2,1-2H3. The number of aryl methyl sites for hydroxylation is 1. The number of nitrogens with zero attached hydrogens (tertiary/aromatic N) is 3. The molecule has 0 aliphatic carbocycles. The molecule has 2 rings (SSSR count). The molecule has 14 heavy (non-hydrogen) atoms. The number of aliphatic imine (C=N–C) groups is 1. The van der Waals surface area contributed by atoms with E-state index in [4.69, 9.17) is 0 Å². The highest BCUT2D eigenvalue weighted by Crippen LogP contribution is 2.11. The van der Waals surface area contributed by atoms with Gasteiger partial charge in [-0.15, -0.1) is 0 Å². The molecule has 1 radical (unpaired) electrons. The van der Waals surface area contributed by atoms with Crippen molar-refractivity contribution in [3.8, 4) is 0 Å². The fourth-order valence-corrected chi connectivity index (χ4v) is 1.33. The van der Waals surface area contributed by atoms with Crippen LogP contribution in [0.5, 0.6) is 0 Å². The molecule has 0 bridgehead atoms. The van der Waals surface area contributed by atoms with Gasteiger partial charge in [-0.1, -0.05) is 6.08 Å². The molecule has 0 unspecified atom stereocenters. The normalized spacial score (nSPS) is 15.9. The average Bonchev–Trinajstić information content (AvgIpc) is 2.49. The quantitative estimate of drug-likeness (QED) is 0.654. The zero-order chi connectivity index (χ0) is 10.1. The third-order valence-electron chi connectivity index (χ3n) is 2.27. The summed E-state index contributed by atoms with van der Waals surface area (Å²) in [4.78, 5) is 15.6. The summed E-state index contributed by atoms with van der Waals surface area (Å²) in [5, 5.41) is 3.96. The lowest BCUT2D eigenvalue weighted by atomic mass is 10.0. The van der Waals surface area contributed by atoms with E-state index in [2.05, 4.69) is 16.3 Å². The van der Waals surface area contributed by atoms with Crippen LogP contribution in [-0.2, 0) is 11.8 Å². The Morgan fingerprint density at radius 1 is 1.57 bits per heavy atom. The van der Waals surface area contributed by atoms with Crippen LogP contribution in [0.25, 0.3) is 0 Å². The Kier molecular flexibility index (Phi) is 2.04. The monoisotopic (exact) mass is 188 g/mol. The van der Waals surface area contributed by atoms with Crippen LogP contribution in [-0.4, -0.2) is 21.3 Å². The molecule has 2 heterocycles. The Labute approximate surface area is 82.0 Å². The summed E-state index contributed by atoms with van der Waals surface area (Å²) in [6, 6.07) is 0. The number of Topliss-reactive ketones (excluding diaryl/α,β-unsaturated/α-hetero) is 1. The van der Waals surface area contributed by atoms with Crippen LogP contribution in [0.15, 0.2) is 17.3 Å². The molecule has 0 spiro atoms. The number of allylic oxidation sites excluding steroid dienone is 1. The van der Waals surface area contributed by atoms with Crippen LogP contribution >= 0.6 is 0 Å². The maximum Gasteiger partial charge on any atom is 0.185 e. The number of carbonyl (C=O) groups excluding carboxylic acids is 1. The molecule has 1 aliphatic heterocycles. The Morgan fingerprint density at radius 3 is 2.93 bits per heavy atom. The Morgan fingerprint density at radius 2 is 2.36 bits per heavy atom. The molecule has 71 valence electrons. The Balaban J connectivity index is 2.49. The van der Waals surface area contributed by atoms with E-state index in [-0.39, 0.29) is 5.78 Å². The average molecular weight is 188 g/mol. The van der Waals surface area contributed by atoms with E-state index in [9.17, 15) is 4.79 Å². The highest BCUT2D eigenvalue weighted by molar-refractivity contribution is 6.47. The minimum Gasteiger partial charge on any atom is -0.292 e. The summed E-state index contributed by atoms with van der Waals surface area (Å²) in [7, 11) is 1.82. The summed E-state index contributed by atoms with van der Waals surface area (Å²) < 4.78 is 1.68. The van der Waals surface area contributed by atoms with Gasteiger partial charge in [-0.2, -0.15) is 5.10 Å². The van der Waals surface area contributed by atoms with Crippen molar-refractivity contribution < 1.29 is 4.79 Å². The fraction of sp³-hybridized carbons (Fsp3) is 0.300. The smallest absolute Gasteiger partial charge is 0.185 e. The topological polar surface area (TPSA) is 47.2 Å². The molecular weight excluding hydrogens is 178 g/mol. The van der Waals surface area contributed by atoms with Crippen LogP contribution in [0.4, 0.5) is 0 Å². The zero-order valence-electron chi connectivity index (χ0n) is 8.11. The van der Waals surface area contributed by atoms with Crippen LogP contribution in [0.3, 0.4) is 0 Å². The molecule has 0 atom stereocenters. The third kappa shape index (κ3) is 1.28. The lowest BCUT2D eigenvalue weighted by Crippen LogP contribution is -2.17. The minimum absolute atomic E-state index is 0.0276. The van der Waals surface area contributed by atoms with Crippen LogP contribution in [0, 0.1) is 13.1 Å². The summed E-state index contributed by atoms with van der Waals surface area (Å²) in [6.45, 7) is 1.90. The predicted molar refractivity (Wildman–Crippen MR) is 52.1 cm³/mol. The maximum atomic E-state index is 11.5. The number of carbonyl (C=O) groups is 1. The fourth-order valence-electron chi connectivity index (χ4n) is 1.33. The second-order valence-electron chi connectivity index (χ2n) is 3.19. The molecule has 4 nitrogen and oxygen atoms in total. The molecular formula is C10H10N3O. The first-order valence-electron chi connectivity index (χ1n) is 4.38. The molecule has 1 aromatic heterocycles. The van der Waals surface area contributed by atoms with E-state index < -0.39 is 0 Å². The summed E-state index contributed by atoms with van der Waals surface area (Å²) in [5.74, 6) is 0.0276. The van der Waals surface area contributed by atoms with Crippen LogP contribution in [0.1, 0.15) is 17.7 Å². The second kappa shape index (κ2) is 3.21. The number of rotatable bonds is 1. The molecule has 0 saturated carbocycles. The van der Waals surface area contributed by atoms with Crippen molar-refractivity contribution in [1.29, 1.82) is 0 Å². The number of ketones is 1. The molecule has 4 heteroatoms. The van der Waals surface area contributed by atoms with Crippen molar-refractivity contribution in [1.82, 2.24) is 9.78 Å². The van der Waals surface area contributed by atoms with Gasteiger partial charge in [-0.25, -0.2) is 0 Å². The van der Waals surface area contributed by atoms with Crippen molar-refractivity contribution in [3.63, 3.8) is 0 Å². The largest absolute Gasteiger partial charge is 0.292 e. The molecule has 0 fully saturated rings.